The van der Waals surface area contributed by atoms with Gasteiger partial charge in [0.25, 0.3) is 0 Å². The lowest BCUT2D eigenvalue weighted by Gasteiger charge is -2.36. The summed E-state index contributed by atoms with van der Waals surface area (Å²) in [6.07, 6.45) is 5.51. The van der Waals surface area contributed by atoms with Crippen LogP contribution in [0.3, 0.4) is 0 Å². The summed E-state index contributed by atoms with van der Waals surface area (Å²) in [6, 6.07) is 8.19. The minimum absolute atomic E-state index is 0.0498. The second kappa shape index (κ2) is 10.3. The highest BCUT2D eigenvalue weighted by Gasteiger charge is 2.26. The van der Waals surface area contributed by atoms with Crippen molar-refractivity contribution in [3.05, 3.63) is 41.4 Å². The van der Waals surface area contributed by atoms with Crippen molar-refractivity contribution in [1.82, 2.24) is 29.5 Å². The summed E-state index contributed by atoms with van der Waals surface area (Å²) in [7, 11) is 0. The molecule has 186 valence electrons. The number of rotatable bonds is 7. The monoisotopic (exact) mass is 477 g/mol. The van der Waals surface area contributed by atoms with Gasteiger partial charge in [-0.25, -0.2) is 14.6 Å². The van der Waals surface area contributed by atoms with E-state index in [1.54, 1.807) is 10.7 Å². The van der Waals surface area contributed by atoms with Crippen LogP contribution in [0.1, 0.15) is 49.3 Å². The Morgan fingerprint density at radius 2 is 1.83 bits per heavy atom. The van der Waals surface area contributed by atoms with E-state index in [0.29, 0.717) is 29.6 Å². The van der Waals surface area contributed by atoms with Gasteiger partial charge in [-0.1, -0.05) is 0 Å². The summed E-state index contributed by atoms with van der Waals surface area (Å²) in [5.74, 6) is 2.74. The van der Waals surface area contributed by atoms with Crippen LogP contribution in [-0.4, -0.2) is 74.2 Å². The van der Waals surface area contributed by atoms with Crippen LogP contribution < -0.4 is 5.32 Å². The van der Waals surface area contributed by atoms with Gasteiger partial charge in [-0.15, -0.1) is 0 Å². The Labute approximate surface area is 206 Å². The maximum Gasteiger partial charge on any atom is 0.226 e. The number of nitrogens with zero attached hydrogens (tertiary/aromatic N) is 6. The van der Waals surface area contributed by atoms with Crippen molar-refractivity contribution in [2.75, 3.05) is 38.0 Å². The molecule has 5 heterocycles. The zero-order valence-electron chi connectivity index (χ0n) is 21.0. The molecule has 35 heavy (non-hydrogen) atoms. The lowest BCUT2D eigenvalue weighted by atomic mass is 10.0. The molecule has 1 amide bonds. The summed E-state index contributed by atoms with van der Waals surface area (Å²) in [6.45, 7) is 11.2. The minimum atomic E-state index is -0.0498. The van der Waals surface area contributed by atoms with E-state index in [1.807, 2.05) is 39.0 Å². The third-order valence-electron chi connectivity index (χ3n) is 7.04. The predicted octanol–water partition coefficient (Wildman–Crippen LogP) is 3.74. The molecule has 0 saturated carbocycles. The van der Waals surface area contributed by atoms with Crippen LogP contribution in [-0.2, 0) is 4.79 Å². The molecular formula is C26H35N7O2. The summed E-state index contributed by atoms with van der Waals surface area (Å²) in [4.78, 5) is 27.1. The SMILES string of the molecule is Cc1cc(C)n(-c2cc(NC(=O)CCN3CCC(N4CCCC4)CC3)nc(-c3ccc(C)o3)n2)n1. The molecule has 0 atom stereocenters. The Morgan fingerprint density at radius 3 is 2.49 bits per heavy atom. The van der Waals surface area contributed by atoms with Gasteiger partial charge in [0.2, 0.25) is 5.91 Å². The Balaban J connectivity index is 1.24. The van der Waals surface area contributed by atoms with Crippen LogP contribution >= 0.6 is 0 Å². The summed E-state index contributed by atoms with van der Waals surface area (Å²) in [5, 5.41) is 7.53. The molecule has 1 N–H and O–H groups in total. The van der Waals surface area contributed by atoms with Gasteiger partial charge in [-0.3, -0.25) is 4.79 Å². The average Bonchev–Trinajstić information content (AvgIpc) is 3.59. The number of piperidine rings is 1. The minimum Gasteiger partial charge on any atom is -0.458 e. The van der Waals surface area contributed by atoms with Crippen molar-refractivity contribution in [3.63, 3.8) is 0 Å². The van der Waals surface area contributed by atoms with Crippen LogP contribution in [0.4, 0.5) is 5.82 Å². The van der Waals surface area contributed by atoms with Gasteiger partial charge in [0.1, 0.15) is 11.6 Å². The van der Waals surface area contributed by atoms with E-state index in [-0.39, 0.29) is 5.91 Å². The Bertz CT molecular complexity index is 1170. The topological polar surface area (TPSA) is 92.3 Å². The number of anilines is 1. The van der Waals surface area contributed by atoms with E-state index < -0.39 is 0 Å². The molecule has 0 aromatic carbocycles. The van der Waals surface area contributed by atoms with Gasteiger partial charge >= 0.3 is 0 Å². The molecule has 3 aromatic rings. The number of likely N-dealkylation sites (tertiary alicyclic amines) is 2. The summed E-state index contributed by atoms with van der Waals surface area (Å²) in [5.41, 5.74) is 1.85. The first kappa shape index (κ1) is 23.7. The molecule has 2 fully saturated rings. The molecule has 0 unspecified atom stereocenters. The van der Waals surface area contributed by atoms with Gasteiger partial charge in [0, 0.05) is 30.8 Å². The molecular weight excluding hydrogens is 442 g/mol. The number of aryl methyl sites for hydroxylation is 3. The van der Waals surface area contributed by atoms with E-state index in [2.05, 4.69) is 30.2 Å². The van der Waals surface area contributed by atoms with Crippen LogP contribution in [0.15, 0.2) is 28.7 Å². The third-order valence-corrected chi connectivity index (χ3v) is 7.04. The highest BCUT2D eigenvalue weighted by Crippen LogP contribution is 2.24. The fourth-order valence-corrected chi connectivity index (χ4v) is 5.21. The zero-order chi connectivity index (χ0) is 24.4. The average molecular weight is 478 g/mol. The van der Waals surface area contributed by atoms with E-state index >= 15 is 0 Å². The number of aromatic nitrogens is 4. The first-order valence-electron chi connectivity index (χ1n) is 12.7. The van der Waals surface area contributed by atoms with Crippen molar-refractivity contribution >= 4 is 11.7 Å². The number of hydrogen-bond acceptors (Lipinski definition) is 7. The molecule has 0 bridgehead atoms. The maximum atomic E-state index is 12.8. The molecule has 0 spiro atoms. The molecule has 9 heteroatoms. The van der Waals surface area contributed by atoms with Crippen molar-refractivity contribution < 1.29 is 9.21 Å². The van der Waals surface area contributed by atoms with Crippen LogP contribution in [0.2, 0.25) is 0 Å². The number of amides is 1. The number of hydrogen-bond donors (Lipinski definition) is 1. The summed E-state index contributed by atoms with van der Waals surface area (Å²) >= 11 is 0. The third kappa shape index (κ3) is 5.62. The maximum absolute atomic E-state index is 12.8. The van der Waals surface area contributed by atoms with E-state index in [4.69, 9.17) is 4.42 Å². The molecule has 3 aromatic heterocycles. The molecule has 2 aliphatic heterocycles. The quantitative estimate of drug-likeness (QED) is 0.554. The molecule has 0 aliphatic carbocycles. The smallest absolute Gasteiger partial charge is 0.226 e. The van der Waals surface area contributed by atoms with E-state index in [0.717, 1.165) is 42.8 Å². The van der Waals surface area contributed by atoms with Gasteiger partial charge in [0.15, 0.2) is 17.4 Å². The second-order valence-electron chi connectivity index (χ2n) is 9.80. The molecule has 9 nitrogen and oxygen atoms in total. The Morgan fingerprint density at radius 1 is 1.06 bits per heavy atom. The Hall–Kier alpha value is -3.04. The van der Waals surface area contributed by atoms with Gasteiger partial charge in [-0.2, -0.15) is 5.10 Å². The van der Waals surface area contributed by atoms with Gasteiger partial charge < -0.3 is 19.5 Å². The predicted molar refractivity (Wildman–Crippen MR) is 135 cm³/mol. The van der Waals surface area contributed by atoms with Crippen LogP contribution in [0.25, 0.3) is 17.4 Å². The highest BCUT2D eigenvalue weighted by molar-refractivity contribution is 5.90. The van der Waals surface area contributed by atoms with Crippen LogP contribution in [0.5, 0.6) is 0 Å². The molecule has 5 rings (SSSR count). The van der Waals surface area contributed by atoms with Crippen molar-refractivity contribution in [3.8, 4) is 17.4 Å². The number of carbonyl (C=O) groups is 1. The van der Waals surface area contributed by atoms with E-state index in [1.165, 1.54) is 38.8 Å². The number of carbonyl (C=O) groups excluding carboxylic acids is 1. The standard InChI is InChI=1S/C26H35N7O2/c1-18-16-19(2)33(30-18)24-17-23(28-26(29-24)22-7-6-20(3)35-22)27-25(34)10-15-31-13-8-21(9-14-31)32-11-4-5-12-32/h6-7,16-17,21H,4-5,8-15H2,1-3H3,(H,27,28,29,34). The normalized spacial score (nSPS) is 17.8. The van der Waals surface area contributed by atoms with Gasteiger partial charge in [-0.05, 0) is 90.8 Å². The Kier molecular flexibility index (Phi) is 6.97. The summed E-state index contributed by atoms with van der Waals surface area (Å²) < 4.78 is 7.51. The second-order valence-corrected chi connectivity index (χ2v) is 9.80. The largest absolute Gasteiger partial charge is 0.458 e. The van der Waals surface area contributed by atoms with Gasteiger partial charge in [0.05, 0.1) is 5.69 Å². The molecule has 0 radical (unpaired) electrons. The van der Waals surface area contributed by atoms with E-state index in [9.17, 15) is 4.79 Å². The number of furan rings is 1. The first-order chi connectivity index (χ1) is 16.9. The van der Waals surface area contributed by atoms with Crippen LogP contribution in [0, 0.1) is 20.8 Å². The fraction of sp³-hybridized carbons (Fsp3) is 0.538. The fourth-order valence-electron chi connectivity index (χ4n) is 5.21. The molecule has 2 aliphatic rings. The lowest BCUT2D eigenvalue weighted by Crippen LogP contribution is -2.44. The lowest BCUT2D eigenvalue weighted by molar-refractivity contribution is -0.116. The molecule has 2 saturated heterocycles. The van der Waals surface area contributed by atoms with Crippen molar-refractivity contribution in [2.45, 2.75) is 58.9 Å². The zero-order valence-corrected chi connectivity index (χ0v) is 21.0. The number of nitrogens with one attached hydrogen (secondary N) is 1. The van der Waals surface area contributed by atoms with Crippen molar-refractivity contribution in [1.29, 1.82) is 0 Å². The highest BCUT2D eigenvalue weighted by atomic mass is 16.3. The first-order valence-corrected chi connectivity index (χ1v) is 12.7. The van der Waals surface area contributed by atoms with Crippen molar-refractivity contribution in [2.24, 2.45) is 0 Å².